The number of thiol groups is 1. The molecule has 2 nitrogen and oxygen atoms in total. The summed E-state index contributed by atoms with van der Waals surface area (Å²) in [5.41, 5.74) is 2.24. The molecule has 0 aliphatic rings. The van der Waals surface area contributed by atoms with E-state index in [2.05, 4.69) is 18.7 Å². The van der Waals surface area contributed by atoms with E-state index in [9.17, 15) is 4.79 Å². The van der Waals surface area contributed by atoms with Gasteiger partial charge in [-0.2, -0.15) is 12.6 Å². The normalized spacial score (nSPS) is 12.4. The zero-order valence-corrected chi connectivity index (χ0v) is 9.78. The van der Waals surface area contributed by atoms with Crippen molar-refractivity contribution in [2.75, 3.05) is 0 Å². The van der Waals surface area contributed by atoms with Crippen LogP contribution in [-0.4, -0.2) is 6.29 Å². The van der Waals surface area contributed by atoms with Gasteiger partial charge in [-0.05, 0) is 24.6 Å². The van der Waals surface area contributed by atoms with E-state index in [1.807, 2.05) is 25.1 Å². The second kappa shape index (κ2) is 4.58. The van der Waals surface area contributed by atoms with Crippen LogP contribution in [0, 0.1) is 6.92 Å². The second-order valence-corrected chi connectivity index (χ2v) is 4.19. The molecule has 0 fully saturated rings. The van der Waals surface area contributed by atoms with Crippen molar-refractivity contribution >= 4 is 18.9 Å². The van der Waals surface area contributed by atoms with E-state index in [1.54, 1.807) is 12.1 Å². The standard InChI is InChI=1S/C13H12O2S/c1-9-3-2-4-10(7-9)13(16)12-6-5-11(8-14)15-12/h2-8,13,16H,1H3. The van der Waals surface area contributed by atoms with Gasteiger partial charge in [0.1, 0.15) is 5.76 Å². The maximum atomic E-state index is 10.5. The third kappa shape index (κ3) is 2.19. The first kappa shape index (κ1) is 11.0. The fourth-order valence-corrected chi connectivity index (χ4v) is 1.88. The van der Waals surface area contributed by atoms with Crippen LogP contribution in [0.1, 0.15) is 32.7 Å². The number of hydrogen-bond acceptors (Lipinski definition) is 3. The zero-order valence-electron chi connectivity index (χ0n) is 8.88. The lowest BCUT2D eigenvalue weighted by molar-refractivity contribution is 0.109. The number of carbonyl (C=O) groups is 1. The molecule has 2 aromatic rings. The molecule has 0 aliphatic heterocycles. The van der Waals surface area contributed by atoms with E-state index in [0.29, 0.717) is 17.8 Å². The highest BCUT2D eigenvalue weighted by Gasteiger charge is 2.13. The Kier molecular flexibility index (Phi) is 3.15. The minimum atomic E-state index is -0.131. The molecule has 1 atom stereocenters. The Morgan fingerprint density at radius 1 is 1.31 bits per heavy atom. The van der Waals surface area contributed by atoms with Crippen LogP contribution in [0.2, 0.25) is 0 Å². The lowest BCUT2D eigenvalue weighted by Gasteiger charge is -2.08. The molecule has 1 heterocycles. The average molecular weight is 232 g/mol. The van der Waals surface area contributed by atoms with E-state index < -0.39 is 0 Å². The number of furan rings is 1. The van der Waals surface area contributed by atoms with Gasteiger partial charge in [0.25, 0.3) is 0 Å². The molecule has 0 saturated heterocycles. The van der Waals surface area contributed by atoms with Crippen LogP contribution in [-0.2, 0) is 0 Å². The van der Waals surface area contributed by atoms with E-state index in [4.69, 9.17) is 4.42 Å². The van der Waals surface area contributed by atoms with Gasteiger partial charge < -0.3 is 4.42 Å². The topological polar surface area (TPSA) is 30.2 Å². The Bertz CT molecular complexity index is 502. The van der Waals surface area contributed by atoms with Crippen molar-refractivity contribution in [3.8, 4) is 0 Å². The van der Waals surface area contributed by atoms with Crippen LogP contribution in [0.3, 0.4) is 0 Å². The number of carbonyl (C=O) groups excluding carboxylic acids is 1. The molecular weight excluding hydrogens is 220 g/mol. The summed E-state index contributed by atoms with van der Waals surface area (Å²) in [6, 6.07) is 11.5. The van der Waals surface area contributed by atoms with Crippen LogP contribution in [0.15, 0.2) is 40.8 Å². The first-order valence-electron chi connectivity index (χ1n) is 5.00. The van der Waals surface area contributed by atoms with Gasteiger partial charge in [-0.25, -0.2) is 0 Å². The van der Waals surface area contributed by atoms with Gasteiger partial charge in [-0.1, -0.05) is 29.8 Å². The Balaban J connectivity index is 2.31. The number of benzene rings is 1. The van der Waals surface area contributed by atoms with Gasteiger partial charge in [-0.3, -0.25) is 4.79 Å². The molecule has 0 bridgehead atoms. The van der Waals surface area contributed by atoms with Gasteiger partial charge in [0.15, 0.2) is 12.0 Å². The fourth-order valence-electron chi connectivity index (χ4n) is 1.58. The molecule has 1 unspecified atom stereocenters. The van der Waals surface area contributed by atoms with Crippen molar-refractivity contribution in [1.82, 2.24) is 0 Å². The van der Waals surface area contributed by atoms with Crippen molar-refractivity contribution in [2.45, 2.75) is 12.2 Å². The first-order valence-corrected chi connectivity index (χ1v) is 5.52. The van der Waals surface area contributed by atoms with Gasteiger partial charge in [-0.15, -0.1) is 0 Å². The second-order valence-electron chi connectivity index (χ2n) is 3.67. The quantitative estimate of drug-likeness (QED) is 0.649. The highest BCUT2D eigenvalue weighted by Crippen LogP contribution is 2.29. The Labute approximate surface area is 99.7 Å². The van der Waals surface area contributed by atoms with E-state index in [-0.39, 0.29) is 5.25 Å². The van der Waals surface area contributed by atoms with Crippen molar-refractivity contribution in [3.63, 3.8) is 0 Å². The predicted octanol–water partition coefficient (Wildman–Crippen LogP) is 3.42. The predicted molar refractivity (Wildman–Crippen MR) is 66.1 cm³/mol. The lowest BCUT2D eigenvalue weighted by Crippen LogP contribution is -1.91. The van der Waals surface area contributed by atoms with Crippen molar-refractivity contribution in [3.05, 3.63) is 59.0 Å². The molecule has 0 spiro atoms. The van der Waals surface area contributed by atoms with Crippen molar-refractivity contribution in [1.29, 1.82) is 0 Å². The molecule has 0 amide bonds. The van der Waals surface area contributed by atoms with Crippen LogP contribution in [0.5, 0.6) is 0 Å². The summed E-state index contributed by atoms with van der Waals surface area (Å²) >= 11 is 4.50. The third-order valence-corrected chi connectivity index (χ3v) is 2.94. The van der Waals surface area contributed by atoms with E-state index in [1.165, 1.54) is 5.56 Å². The summed E-state index contributed by atoms with van der Waals surface area (Å²) < 4.78 is 5.34. The van der Waals surface area contributed by atoms with Crippen LogP contribution in [0.25, 0.3) is 0 Å². The van der Waals surface area contributed by atoms with Crippen molar-refractivity contribution < 1.29 is 9.21 Å². The molecule has 3 heteroatoms. The first-order chi connectivity index (χ1) is 7.70. The van der Waals surface area contributed by atoms with Gasteiger partial charge in [0.2, 0.25) is 0 Å². The minimum absolute atomic E-state index is 0.131. The lowest BCUT2D eigenvalue weighted by atomic mass is 10.1. The molecule has 2 rings (SSSR count). The largest absolute Gasteiger partial charge is 0.457 e. The zero-order chi connectivity index (χ0) is 11.5. The molecule has 1 aromatic carbocycles. The van der Waals surface area contributed by atoms with Gasteiger partial charge in [0.05, 0.1) is 5.25 Å². The van der Waals surface area contributed by atoms with Crippen molar-refractivity contribution in [2.24, 2.45) is 0 Å². The summed E-state index contributed by atoms with van der Waals surface area (Å²) in [7, 11) is 0. The van der Waals surface area contributed by atoms with Crippen LogP contribution >= 0.6 is 12.6 Å². The monoisotopic (exact) mass is 232 g/mol. The molecule has 1 aromatic heterocycles. The third-order valence-electron chi connectivity index (χ3n) is 2.39. The number of hydrogen-bond donors (Lipinski definition) is 1. The summed E-state index contributed by atoms with van der Waals surface area (Å²) in [4.78, 5) is 10.5. The molecule has 0 N–H and O–H groups in total. The molecular formula is C13H12O2S. The van der Waals surface area contributed by atoms with Crippen LogP contribution in [0.4, 0.5) is 0 Å². The molecule has 0 aliphatic carbocycles. The van der Waals surface area contributed by atoms with Crippen LogP contribution < -0.4 is 0 Å². The average Bonchev–Trinajstić information content (AvgIpc) is 2.76. The highest BCUT2D eigenvalue weighted by molar-refractivity contribution is 7.80. The fraction of sp³-hybridized carbons (Fsp3) is 0.154. The van der Waals surface area contributed by atoms with Gasteiger partial charge in [0, 0.05) is 0 Å². The Morgan fingerprint density at radius 3 is 2.75 bits per heavy atom. The summed E-state index contributed by atoms with van der Waals surface area (Å²) in [6.45, 7) is 2.03. The number of aldehydes is 1. The van der Waals surface area contributed by atoms with E-state index in [0.717, 1.165) is 5.56 Å². The molecule has 82 valence electrons. The molecule has 16 heavy (non-hydrogen) atoms. The van der Waals surface area contributed by atoms with E-state index >= 15 is 0 Å². The smallest absolute Gasteiger partial charge is 0.185 e. The summed E-state index contributed by atoms with van der Waals surface area (Å²) in [5.74, 6) is 1.03. The van der Waals surface area contributed by atoms with Gasteiger partial charge >= 0.3 is 0 Å². The maximum Gasteiger partial charge on any atom is 0.185 e. The maximum absolute atomic E-state index is 10.5. The summed E-state index contributed by atoms with van der Waals surface area (Å²) in [5, 5.41) is -0.131. The summed E-state index contributed by atoms with van der Waals surface area (Å²) in [6.07, 6.45) is 0.695. The number of aryl methyl sites for hydroxylation is 1. The minimum Gasteiger partial charge on any atom is -0.457 e. The Morgan fingerprint density at radius 2 is 2.12 bits per heavy atom. The highest BCUT2D eigenvalue weighted by atomic mass is 32.1. The Hall–Kier alpha value is -1.48. The SMILES string of the molecule is Cc1cccc(C(S)c2ccc(C=O)o2)c1. The molecule has 0 radical (unpaired) electrons. The molecule has 0 saturated carbocycles. The number of rotatable bonds is 3.